The zero-order valence-corrected chi connectivity index (χ0v) is 18.4. The number of nitrogens with two attached hydrogens (primary N) is 1. The van der Waals surface area contributed by atoms with Gasteiger partial charge in [-0.2, -0.15) is 0 Å². The van der Waals surface area contributed by atoms with E-state index in [4.69, 9.17) is 5.73 Å². The van der Waals surface area contributed by atoms with E-state index in [2.05, 4.69) is 16.0 Å². The van der Waals surface area contributed by atoms with Crippen LogP contribution in [0.1, 0.15) is 32.8 Å². The van der Waals surface area contributed by atoms with Crippen LogP contribution in [-0.2, 0) is 25.6 Å². The van der Waals surface area contributed by atoms with Crippen molar-refractivity contribution in [3.8, 4) is 5.75 Å². The van der Waals surface area contributed by atoms with Crippen molar-refractivity contribution >= 4 is 23.7 Å². The molecule has 0 spiro atoms. The average molecular weight is 453 g/mol. The van der Waals surface area contributed by atoms with Gasteiger partial charge in [0.2, 0.25) is 17.7 Å². The lowest BCUT2D eigenvalue weighted by atomic mass is 9.98. The Morgan fingerprint density at radius 3 is 2.09 bits per heavy atom. The second-order valence-corrected chi connectivity index (χ2v) is 7.69. The van der Waals surface area contributed by atoms with Gasteiger partial charge in [0, 0.05) is 0 Å². The summed E-state index contributed by atoms with van der Waals surface area (Å²) >= 11 is 0. The summed E-state index contributed by atoms with van der Waals surface area (Å²) in [7, 11) is 0. The lowest BCUT2D eigenvalue weighted by molar-refractivity contribution is -0.144. The van der Waals surface area contributed by atoms with Crippen molar-refractivity contribution in [2.45, 2.75) is 57.8 Å². The number of amides is 3. The predicted molar refractivity (Wildman–Crippen MR) is 115 cm³/mol. The molecule has 32 heavy (non-hydrogen) atoms. The van der Waals surface area contributed by atoms with E-state index >= 15 is 0 Å². The Bertz CT molecular complexity index is 798. The van der Waals surface area contributed by atoms with Crippen molar-refractivity contribution < 1.29 is 34.5 Å². The molecule has 5 unspecified atom stereocenters. The third kappa shape index (κ3) is 8.52. The number of carbonyl (C=O) groups is 4. The summed E-state index contributed by atoms with van der Waals surface area (Å²) in [6.07, 6.45) is -0.629. The van der Waals surface area contributed by atoms with Gasteiger partial charge in [-0.1, -0.05) is 32.4 Å². The van der Waals surface area contributed by atoms with E-state index in [9.17, 15) is 34.5 Å². The number of phenols is 1. The first-order valence-corrected chi connectivity index (χ1v) is 10.3. The molecular formula is C21H32N4O7. The maximum absolute atomic E-state index is 12.5. The van der Waals surface area contributed by atoms with E-state index < -0.39 is 54.5 Å². The van der Waals surface area contributed by atoms with Crippen molar-refractivity contribution in [2.24, 2.45) is 11.7 Å². The number of carboxylic acid groups (broad SMARTS) is 1. The number of phenolic OH excluding ortho intramolecular Hbond substituents is 1. The van der Waals surface area contributed by atoms with Crippen LogP contribution in [0.15, 0.2) is 24.3 Å². The zero-order valence-electron chi connectivity index (χ0n) is 18.4. The Morgan fingerprint density at radius 1 is 1.00 bits per heavy atom. The molecule has 0 heterocycles. The number of carboxylic acids is 1. The Balaban J connectivity index is 2.62. The van der Waals surface area contributed by atoms with E-state index in [-0.39, 0.29) is 18.1 Å². The van der Waals surface area contributed by atoms with Crippen molar-refractivity contribution in [1.82, 2.24) is 16.0 Å². The van der Waals surface area contributed by atoms with E-state index in [0.717, 1.165) is 5.56 Å². The monoisotopic (exact) mass is 452 g/mol. The maximum atomic E-state index is 12.5. The molecular weight excluding hydrogens is 420 g/mol. The summed E-state index contributed by atoms with van der Waals surface area (Å²) in [6, 6.07) is 2.62. The summed E-state index contributed by atoms with van der Waals surface area (Å²) in [5.74, 6) is -3.72. The van der Waals surface area contributed by atoms with Crippen LogP contribution in [0.3, 0.4) is 0 Å². The highest BCUT2D eigenvalue weighted by atomic mass is 16.4. The summed E-state index contributed by atoms with van der Waals surface area (Å²) in [5, 5.41) is 35.4. The number of hydrogen-bond acceptors (Lipinski definition) is 7. The molecule has 0 aliphatic rings. The highest BCUT2D eigenvalue weighted by Crippen LogP contribution is 2.11. The fourth-order valence-electron chi connectivity index (χ4n) is 2.83. The van der Waals surface area contributed by atoms with Crippen LogP contribution >= 0.6 is 0 Å². The first kappa shape index (κ1) is 26.9. The van der Waals surface area contributed by atoms with Crippen molar-refractivity contribution in [3.63, 3.8) is 0 Å². The van der Waals surface area contributed by atoms with Gasteiger partial charge in [-0.3, -0.25) is 14.4 Å². The summed E-state index contributed by atoms with van der Waals surface area (Å²) in [5.41, 5.74) is 6.55. The molecule has 3 amide bonds. The van der Waals surface area contributed by atoms with Crippen molar-refractivity contribution in [2.75, 3.05) is 6.54 Å². The molecule has 8 N–H and O–H groups in total. The number of aliphatic hydroxyl groups excluding tert-OH is 1. The molecule has 0 saturated heterocycles. The SMILES string of the molecule is CCC(C)C(NC(=O)C(NC(=O)CNC(=O)C(N)Cc1ccc(O)cc1)C(C)O)C(=O)O. The standard InChI is InChI=1S/C21H32N4O7/c1-4-11(2)17(21(31)32)25-20(30)18(12(3)26)24-16(28)10-23-19(29)15(22)9-13-5-7-14(27)8-6-13/h5-8,11-12,15,17-18,26-27H,4,9-10,22H2,1-3H3,(H,23,29)(H,24,28)(H,25,30)(H,31,32). The highest BCUT2D eigenvalue weighted by molar-refractivity contribution is 5.92. The van der Waals surface area contributed by atoms with E-state index in [1.54, 1.807) is 26.0 Å². The molecule has 0 aliphatic carbocycles. The van der Waals surface area contributed by atoms with Gasteiger partial charge < -0.3 is 37.0 Å². The molecule has 11 heteroatoms. The number of aliphatic hydroxyl groups is 1. The minimum Gasteiger partial charge on any atom is -0.508 e. The molecule has 0 aliphatic heterocycles. The van der Waals surface area contributed by atoms with Gasteiger partial charge in [-0.25, -0.2) is 4.79 Å². The van der Waals surface area contributed by atoms with Gasteiger partial charge in [0.25, 0.3) is 0 Å². The fourth-order valence-corrected chi connectivity index (χ4v) is 2.83. The Kier molecular flexibility index (Phi) is 10.6. The quantitative estimate of drug-likeness (QED) is 0.207. The normalized spacial score (nSPS) is 15.5. The van der Waals surface area contributed by atoms with E-state index in [1.165, 1.54) is 19.1 Å². The third-order valence-electron chi connectivity index (χ3n) is 5.01. The fraction of sp³-hybridized carbons (Fsp3) is 0.524. The number of aliphatic carboxylic acids is 1. The number of aromatic hydroxyl groups is 1. The van der Waals surface area contributed by atoms with Gasteiger partial charge in [0.1, 0.15) is 17.8 Å². The van der Waals surface area contributed by atoms with Crippen LogP contribution in [0.4, 0.5) is 0 Å². The van der Waals surface area contributed by atoms with Gasteiger partial charge in [-0.15, -0.1) is 0 Å². The van der Waals surface area contributed by atoms with Crippen LogP contribution in [0.25, 0.3) is 0 Å². The average Bonchev–Trinajstić information content (AvgIpc) is 2.74. The molecule has 1 aromatic carbocycles. The summed E-state index contributed by atoms with van der Waals surface area (Å²) in [4.78, 5) is 48.2. The van der Waals surface area contributed by atoms with Crippen LogP contribution in [0, 0.1) is 5.92 Å². The lowest BCUT2D eigenvalue weighted by Gasteiger charge is -2.25. The topological polar surface area (TPSA) is 191 Å². The van der Waals surface area contributed by atoms with E-state index in [0.29, 0.717) is 6.42 Å². The lowest BCUT2D eigenvalue weighted by Crippen LogP contribution is -2.58. The largest absolute Gasteiger partial charge is 0.508 e. The van der Waals surface area contributed by atoms with Crippen LogP contribution in [0.5, 0.6) is 5.75 Å². The molecule has 0 fully saturated rings. The van der Waals surface area contributed by atoms with Crippen molar-refractivity contribution in [1.29, 1.82) is 0 Å². The third-order valence-corrected chi connectivity index (χ3v) is 5.01. The second-order valence-electron chi connectivity index (χ2n) is 7.69. The smallest absolute Gasteiger partial charge is 0.326 e. The number of carbonyl (C=O) groups excluding carboxylic acids is 3. The maximum Gasteiger partial charge on any atom is 0.326 e. The number of rotatable bonds is 12. The molecule has 1 aromatic rings. The number of nitrogens with one attached hydrogen (secondary N) is 3. The Morgan fingerprint density at radius 2 is 1.59 bits per heavy atom. The molecule has 11 nitrogen and oxygen atoms in total. The van der Waals surface area contributed by atoms with Gasteiger partial charge in [0.05, 0.1) is 18.7 Å². The minimum atomic E-state index is -1.41. The summed E-state index contributed by atoms with van der Waals surface area (Å²) in [6.45, 7) is 4.21. The Hall–Kier alpha value is -3.18. The molecule has 1 rings (SSSR count). The highest BCUT2D eigenvalue weighted by Gasteiger charge is 2.31. The molecule has 5 atom stereocenters. The predicted octanol–water partition coefficient (Wildman–Crippen LogP) is -1.14. The van der Waals surface area contributed by atoms with Crippen molar-refractivity contribution in [3.05, 3.63) is 29.8 Å². The van der Waals surface area contributed by atoms with Crippen LogP contribution in [0.2, 0.25) is 0 Å². The summed E-state index contributed by atoms with van der Waals surface area (Å²) < 4.78 is 0. The number of benzene rings is 1. The minimum absolute atomic E-state index is 0.0824. The van der Waals surface area contributed by atoms with Gasteiger partial charge in [-0.05, 0) is 37.0 Å². The van der Waals surface area contributed by atoms with Crippen LogP contribution < -0.4 is 21.7 Å². The first-order chi connectivity index (χ1) is 15.0. The second kappa shape index (κ2) is 12.6. The van der Waals surface area contributed by atoms with Crippen LogP contribution in [-0.4, -0.2) is 69.8 Å². The first-order valence-electron chi connectivity index (χ1n) is 10.3. The molecule has 0 saturated carbocycles. The molecule has 178 valence electrons. The van der Waals surface area contributed by atoms with E-state index in [1.807, 2.05) is 0 Å². The van der Waals surface area contributed by atoms with Gasteiger partial charge in [0.15, 0.2) is 0 Å². The Labute approximate surface area is 186 Å². The van der Waals surface area contributed by atoms with Gasteiger partial charge >= 0.3 is 5.97 Å². The zero-order chi connectivity index (χ0) is 24.4. The molecule has 0 radical (unpaired) electrons. The molecule has 0 aromatic heterocycles. The molecule has 0 bridgehead atoms. The number of hydrogen-bond donors (Lipinski definition) is 7.